The van der Waals surface area contributed by atoms with E-state index in [0.717, 1.165) is 28.4 Å². The fourth-order valence-electron chi connectivity index (χ4n) is 2.30. The van der Waals surface area contributed by atoms with E-state index in [1.807, 2.05) is 43.3 Å². The number of aromatic amines is 1. The first-order valence-electron chi connectivity index (χ1n) is 7.39. The van der Waals surface area contributed by atoms with E-state index >= 15 is 0 Å². The molecule has 0 unspecified atom stereocenters. The maximum Gasteiger partial charge on any atom is 0.252 e. The van der Waals surface area contributed by atoms with Crippen molar-refractivity contribution >= 4 is 63.5 Å². The van der Waals surface area contributed by atoms with Gasteiger partial charge in [0.1, 0.15) is 5.37 Å². The molecule has 130 valence electrons. The van der Waals surface area contributed by atoms with Crippen molar-refractivity contribution in [2.45, 2.75) is 21.2 Å². The third-order valence-corrected chi connectivity index (χ3v) is 5.71. The zero-order chi connectivity index (χ0) is 18.0. The Morgan fingerprint density at radius 2 is 1.84 bits per heavy atom. The second kappa shape index (κ2) is 7.46. The standard InChI is InChI=1S/C17H14Cl3N3OS/c1-10-6-2-3-7-11(10)14(24)23-15(17(18,19)20)25-16-21-12-8-4-5-9-13(12)22-16/h2-9,15H,1H3,(H,21,22)(H,23,24)/t15-/m1/s1. The average molecular weight is 415 g/mol. The van der Waals surface area contributed by atoms with Crippen LogP contribution in [-0.2, 0) is 0 Å². The lowest BCUT2D eigenvalue weighted by atomic mass is 10.1. The van der Waals surface area contributed by atoms with Gasteiger partial charge in [0.05, 0.1) is 11.0 Å². The summed E-state index contributed by atoms with van der Waals surface area (Å²) in [5.74, 6) is -0.307. The van der Waals surface area contributed by atoms with E-state index in [4.69, 9.17) is 34.8 Å². The third-order valence-electron chi connectivity index (χ3n) is 3.55. The van der Waals surface area contributed by atoms with Gasteiger partial charge in [-0.25, -0.2) is 4.98 Å². The van der Waals surface area contributed by atoms with Crippen molar-refractivity contribution in [3.8, 4) is 0 Å². The predicted molar refractivity (Wildman–Crippen MR) is 105 cm³/mol. The van der Waals surface area contributed by atoms with Crippen molar-refractivity contribution in [3.05, 3.63) is 59.7 Å². The number of nitrogens with zero attached hydrogens (tertiary/aromatic N) is 1. The molecule has 0 spiro atoms. The summed E-state index contributed by atoms with van der Waals surface area (Å²) in [4.78, 5) is 20.1. The Bertz CT molecular complexity index is 874. The van der Waals surface area contributed by atoms with E-state index in [1.165, 1.54) is 0 Å². The molecule has 25 heavy (non-hydrogen) atoms. The van der Waals surface area contributed by atoms with Gasteiger partial charge in [-0.1, -0.05) is 76.9 Å². The molecule has 0 aliphatic carbocycles. The monoisotopic (exact) mass is 413 g/mol. The van der Waals surface area contributed by atoms with Crippen LogP contribution in [0.1, 0.15) is 15.9 Å². The SMILES string of the molecule is Cc1ccccc1C(=O)N[C@H](Sc1nc2ccccc2[nH]1)C(Cl)(Cl)Cl. The molecule has 3 rings (SSSR count). The minimum absolute atomic E-state index is 0.307. The molecular weight excluding hydrogens is 401 g/mol. The van der Waals surface area contributed by atoms with Crippen molar-refractivity contribution in [2.24, 2.45) is 0 Å². The topological polar surface area (TPSA) is 57.8 Å². The number of carbonyl (C=O) groups excluding carboxylic acids is 1. The first kappa shape index (κ1) is 18.4. The molecule has 0 bridgehead atoms. The Balaban J connectivity index is 1.83. The molecule has 0 aliphatic heterocycles. The predicted octanol–water partition coefficient (Wildman–Crippen LogP) is 5.09. The number of aryl methyl sites for hydroxylation is 1. The molecule has 0 radical (unpaired) electrons. The minimum Gasteiger partial charge on any atom is -0.336 e. The smallest absolute Gasteiger partial charge is 0.252 e. The van der Waals surface area contributed by atoms with Gasteiger partial charge in [0.15, 0.2) is 5.16 Å². The second-order valence-electron chi connectivity index (χ2n) is 5.39. The van der Waals surface area contributed by atoms with Crippen LogP contribution in [0.3, 0.4) is 0 Å². The Morgan fingerprint density at radius 3 is 2.52 bits per heavy atom. The number of imidazole rings is 1. The number of benzene rings is 2. The molecule has 3 aromatic rings. The maximum absolute atomic E-state index is 12.6. The zero-order valence-electron chi connectivity index (χ0n) is 13.1. The summed E-state index contributed by atoms with van der Waals surface area (Å²) in [5, 5.41) is 2.52. The van der Waals surface area contributed by atoms with Gasteiger partial charge in [0, 0.05) is 5.56 Å². The quantitative estimate of drug-likeness (QED) is 0.355. The van der Waals surface area contributed by atoms with E-state index in [2.05, 4.69) is 15.3 Å². The number of nitrogens with one attached hydrogen (secondary N) is 2. The summed E-state index contributed by atoms with van der Waals surface area (Å²) in [7, 11) is 0. The normalized spacial score (nSPS) is 13.0. The molecule has 1 heterocycles. The van der Waals surface area contributed by atoms with Crippen molar-refractivity contribution in [3.63, 3.8) is 0 Å². The summed E-state index contributed by atoms with van der Waals surface area (Å²) in [6, 6.07) is 14.8. The maximum atomic E-state index is 12.6. The molecule has 2 N–H and O–H groups in total. The highest BCUT2D eigenvalue weighted by atomic mass is 35.6. The van der Waals surface area contributed by atoms with E-state index < -0.39 is 9.17 Å². The van der Waals surface area contributed by atoms with Crippen LogP contribution >= 0.6 is 46.6 Å². The summed E-state index contributed by atoms with van der Waals surface area (Å²) in [6.45, 7) is 1.85. The number of rotatable bonds is 4. The first-order valence-corrected chi connectivity index (χ1v) is 9.40. The van der Waals surface area contributed by atoms with E-state index in [0.29, 0.717) is 10.7 Å². The molecule has 1 amide bonds. The molecule has 0 saturated carbocycles. The number of alkyl halides is 3. The van der Waals surface area contributed by atoms with Gasteiger partial charge in [-0.15, -0.1) is 0 Å². The Labute approximate surface area is 164 Å². The van der Waals surface area contributed by atoms with Gasteiger partial charge in [-0.2, -0.15) is 0 Å². The third kappa shape index (κ3) is 4.42. The Hall–Kier alpha value is -1.40. The van der Waals surface area contributed by atoms with Crippen LogP contribution in [0.4, 0.5) is 0 Å². The van der Waals surface area contributed by atoms with Crippen LogP contribution < -0.4 is 5.32 Å². The fraction of sp³-hybridized carbons (Fsp3) is 0.176. The first-order chi connectivity index (χ1) is 11.8. The number of halogens is 3. The number of fused-ring (bicyclic) bond motifs is 1. The van der Waals surface area contributed by atoms with Crippen LogP contribution in [0.2, 0.25) is 0 Å². The van der Waals surface area contributed by atoms with Gasteiger partial charge in [-0.3, -0.25) is 4.79 Å². The van der Waals surface area contributed by atoms with Crippen molar-refractivity contribution < 1.29 is 4.79 Å². The molecule has 8 heteroatoms. The van der Waals surface area contributed by atoms with E-state index in [9.17, 15) is 4.79 Å². The number of hydrogen-bond acceptors (Lipinski definition) is 3. The largest absolute Gasteiger partial charge is 0.336 e. The van der Waals surface area contributed by atoms with Gasteiger partial charge < -0.3 is 10.3 Å². The second-order valence-corrected chi connectivity index (χ2v) is 8.85. The number of carbonyl (C=O) groups is 1. The van der Waals surface area contributed by atoms with Crippen molar-refractivity contribution in [2.75, 3.05) is 0 Å². The van der Waals surface area contributed by atoms with Crippen LogP contribution in [-0.4, -0.2) is 25.0 Å². The van der Waals surface area contributed by atoms with E-state index in [1.54, 1.807) is 12.1 Å². The summed E-state index contributed by atoms with van der Waals surface area (Å²) >= 11 is 19.4. The summed E-state index contributed by atoms with van der Waals surface area (Å²) in [6.07, 6.45) is 0. The van der Waals surface area contributed by atoms with Gasteiger partial charge >= 0.3 is 0 Å². The number of aromatic nitrogens is 2. The minimum atomic E-state index is -1.71. The van der Waals surface area contributed by atoms with Gasteiger partial charge in [-0.05, 0) is 30.7 Å². The molecule has 1 aromatic heterocycles. The van der Waals surface area contributed by atoms with Crippen molar-refractivity contribution in [1.29, 1.82) is 0 Å². The van der Waals surface area contributed by atoms with Crippen molar-refractivity contribution in [1.82, 2.24) is 15.3 Å². The molecular formula is C17H14Cl3N3OS. The molecule has 0 saturated heterocycles. The van der Waals surface area contributed by atoms with Gasteiger partial charge in [0.25, 0.3) is 5.91 Å². The highest BCUT2D eigenvalue weighted by Gasteiger charge is 2.36. The molecule has 0 fully saturated rings. The summed E-state index contributed by atoms with van der Waals surface area (Å²) in [5.41, 5.74) is 3.06. The molecule has 0 aliphatic rings. The fourth-order valence-corrected chi connectivity index (χ4v) is 3.71. The number of para-hydroxylation sites is 2. The highest BCUT2D eigenvalue weighted by Crippen LogP contribution is 2.39. The average Bonchev–Trinajstić information content (AvgIpc) is 2.96. The highest BCUT2D eigenvalue weighted by molar-refractivity contribution is 8.00. The Morgan fingerprint density at radius 1 is 1.16 bits per heavy atom. The number of amides is 1. The lowest BCUT2D eigenvalue weighted by Crippen LogP contribution is -2.41. The lowest BCUT2D eigenvalue weighted by Gasteiger charge is -2.24. The van der Waals surface area contributed by atoms with Crippen LogP contribution in [0.25, 0.3) is 11.0 Å². The zero-order valence-corrected chi connectivity index (χ0v) is 16.2. The van der Waals surface area contributed by atoms with Crippen LogP contribution in [0, 0.1) is 6.92 Å². The summed E-state index contributed by atoms with van der Waals surface area (Å²) < 4.78 is -1.71. The number of hydrogen-bond donors (Lipinski definition) is 2. The van der Waals surface area contributed by atoms with Gasteiger partial charge in [0.2, 0.25) is 3.79 Å². The number of thioether (sulfide) groups is 1. The molecule has 1 atom stereocenters. The van der Waals surface area contributed by atoms with Crippen LogP contribution in [0.5, 0.6) is 0 Å². The van der Waals surface area contributed by atoms with E-state index in [-0.39, 0.29) is 5.91 Å². The molecule has 2 aromatic carbocycles. The van der Waals surface area contributed by atoms with Crippen LogP contribution in [0.15, 0.2) is 53.7 Å². The lowest BCUT2D eigenvalue weighted by molar-refractivity contribution is 0.0949. The Kier molecular flexibility index (Phi) is 5.49. The molecule has 4 nitrogen and oxygen atoms in total. The number of H-pyrrole nitrogens is 1.